The number of carbonyl (C=O) groups excluding carboxylic acids is 1. The van der Waals surface area contributed by atoms with Crippen LogP contribution in [0.15, 0.2) is 30.3 Å². The summed E-state index contributed by atoms with van der Waals surface area (Å²) < 4.78 is 5.51. The topological polar surface area (TPSA) is 26.3 Å². The smallest absolute Gasteiger partial charge is 0.306 e. The Balaban J connectivity index is 2.09. The van der Waals surface area contributed by atoms with Gasteiger partial charge in [-0.1, -0.05) is 52.9 Å². The maximum Gasteiger partial charge on any atom is 0.306 e. The minimum Gasteiger partial charge on any atom is -0.461 e. The second kappa shape index (κ2) is 4.29. The Morgan fingerprint density at radius 1 is 1.36 bits per heavy atom. The molecule has 14 heavy (non-hydrogen) atoms. The Morgan fingerprint density at radius 3 is 2.64 bits per heavy atom. The van der Waals surface area contributed by atoms with E-state index in [2.05, 4.69) is 34.7 Å². The third kappa shape index (κ3) is 2.08. The number of halogens is 1. The van der Waals surface area contributed by atoms with Crippen molar-refractivity contribution >= 4 is 28.6 Å². The standard InChI is InChI=1S/C11H11IO2/c12-11(8-4-2-1-3-5-8)9-6-7-10(13)14-9/h1-5,9,11H,6-7H2/t9-,11-/m0/s1. The number of cyclic esters (lactones) is 1. The van der Waals surface area contributed by atoms with E-state index >= 15 is 0 Å². The molecule has 0 amide bonds. The zero-order valence-electron chi connectivity index (χ0n) is 7.65. The number of hydrogen-bond donors (Lipinski definition) is 0. The van der Waals surface area contributed by atoms with Crippen LogP contribution in [-0.2, 0) is 9.53 Å². The monoisotopic (exact) mass is 302 g/mol. The second-order valence-corrected chi connectivity index (χ2v) is 4.72. The molecule has 0 saturated carbocycles. The van der Waals surface area contributed by atoms with Crippen LogP contribution >= 0.6 is 22.6 Å². The van der Waals surface area contributed by atoms with Gasteiger partial charge in [-0.3, -0.25) is 4.79 Å². The lowest BCUT2D eigenvalue weighted by atomic mass is 10.1. The van der Waals surface area contributed by atoms with Gasteiger partial charge in [0.15, 0.2) is 0 Å². The summed E-state index contributed by atoms with van der Waals surface area (Å²) in [6.45, 7) is 0. The van der Waals surface area contributed by atoms with Crippen LogP contribution in [0.2, 0.25) is 0 Å². The van der Waals surface area contributed by atoms with Gasteiger partial charge >= 0.3 is 5.97 Å². The number of hydrogen-bond acceptors (Lipinski definition) is 2. The molecule has 74 valence electrons. The predicted molar refractivity (Wildman–Crippen MR) is 62.3 cm³/mol. The van der Waals surface area contributed by atoms with E-state index in [0.29, 0.717) is 6.42 Å². The van der Waals surface area contributed by atoms with Crippen molar-refractivity contribution in [2.24, 2.45) is 0 Å². The highest BCUT2D eigenvalue weighted by Gasteiger charge is 2.30. The van der Waals surface area contributed by atoms with Crippen LogP contribution in [0, 0.1) is 0 Å². The van der Waals surface area contributed by atoms with Crippen LogP contribution < -0.4 is 0 Å². The van der Waals surface area contributed by atoms with E-state index in [1.54, 1.807) is 0 Å². The van der Waals surface area contributed by atoms with Gasteiger partial charge in [0, 0.05) is 6.42 Å². The zero-order valence-corrected chi connectivity index (χ0v) is 9.81. The average Bonchev–Trinajstić information content (AvgIpc) is 2.65. The summed E-state index contributed by atoms with van der Waals surface area (Å²) in [4.78, 5) is 11.0. The van der Waals surface area contributed by atoms with E-state index in [1.165, 1.54) is 5.56 Å². The molecule has 0 unspecified atom stereocenters. The molecule has 0 radical (unpaired) electrons. The molecular weight excluding hydrogens is 291 g/mol. The largest absolute Gasteiger partial charge is 0.461 e. The third-order valence-corrected chi connectivity index (χ3v) is 3.88. The highest BCUT2D eigenvalue weighted by Crippen LogP contribution is 2.34. The minimum absolute atomic E-state index is 0.0606. The van der Waals surface area contributed by atoms with Crippen molar-refractivity contribution in [2.45, 2.75) is 22.9 Å². The highest BCUT2D eigenvalue weighted by molar-refractivity contribution is 14.1. The van der Waals surface area contributed by atoms with Crippen LogP contribution in [-0.4, -0.2) is 12.1 Å². The Hall–Kier alpha value is -0.580. The van der Waals surface area contributed by atoms with Gasteiger partial charge in [-0.25, -0.2) is 0 Å². The first-order valence-electron chi connectivity index (χ1n) is 4.66. The normalized spacial score (nSPS) is 23.2. The molecule has 1 aromatic rings. The molecule has 1 aliphatic rings. The lowest BCUT2D eigenvalue weighted by Crippen LogP contribution is -2.13. The van der Waals surface area contributed by atoms with Gasteiger partial charge in [-0.2, -0.15) is 0 Å². The lowest BCUT2D eigenvalue weighted by molar-refractivity contribution is -0.141. The number of alkyl halides is 1. The molecule has 1 aliphatic heterocycles. The molecule has 0 spiro atoms. The quantitative estimate of drug-likeness (QED) is 0.477. The number of rotatable bonds is 2. The molecule has 0 aromatic heterocycles. The molecule has 2 nitrogen and oxygen atoms in total. The van der Waals surface area contributed by atoms with Crippen LogP contribution in [0.5, 0.6) is 0 Å². The van der Waals surface area contributed by atoms with E-state index in [9.17, 15) is 4.79 Å². The molecule has 1 saturated heterocycles. The summed E-state index contributed by atoms with van der Waals surface area (Å²) in [6, 6.07) is 10.2. The fraction of sp³-hybridized carbons (Fsp3) is 0.364. The Labute approximate surface area is 96.8 Å². The molecule has 2 atom stereocenters. The van der Waals surface area contributed by atoms with Crippen molar-refractivity contribution in [2.75, 3.05) is 0 Å². The van der Waals surface area contributed by atoms with E-state index in [1.807, 2.05) is 18.2 Å². The molecule has 1 aromatic carbocycles. The third-order valence-electron chi connectivity index (χ3n) is 2.36. The van der Waals surface area contributed by atoms with E-state index in [4.69, 9.17) is 4.74 Å². The van der Waals surface area contributed by atoms with Gasteiger partial charge in [-0.15, -0.1) is 0 Å². The van der Waals surface area contributed by atoms with Crippen molar-refractivity contribution in [3.8, 4) is 0 Å². The minimum atomic E-state index is -0.0624. The van der Waals surface area contributed by atoms with Crippen molar-refractivity contribution in [3.05, 3.63) is 35.9 Å². The molecule has 1 fully saturated rings. The predicted octanol–water partition coefficient (Wildman–Crippen LogP) is 2.87. The average molecular weight is 302 g/mol. The summed E-state index contributed by atoms with van der Waals surface area (Å²) in [7, 11) is 0. The van der Waals surface area contributed by atoms with E-state index < -0.39 is 0 Å². The Morgan fingerprint density at radius 2 is 2.07 bits per heavy atom. The first-order chi connectivity index (χ1) is 6.77. The summed E-state index contributed by atoms with van der Waals surface area (Å²) in [5, 5.41) is 0. The van der Waals surface area contributed by atoms with Gasteiger partial charge in [0.2, 0.25) is 0 Å². The molecule has 3 heteroatoms. The van der Waals surface area contributed by atoms with Gasteiger partial charge < -0.3 is 4.74 Å². The molecular formula is C11H11IO2. The van der Waals surface area contributed by atoms with Crippen LogP contribution in [0.4, 0.5) is 0 Å². The van der Waals surface area contributed by atoms with Crippen molar-refractivity contribution in [1.29, 1.82) is 0 Å². The zero-order chi connectivity index (χ0) is 9.97. The van der Waals surface area contributed by atoms with Crippen LogP contribution in [0.1, 0.15) is 22.3 Å². The van der Waals surface area contributed by atoms with Gasteiger partial charge in [0.05, 0.1) is 3.92 Å². The first-order valence-corrected chi connectivity index (χ1v) is 5.90. The fourth-order valence-corrected chi connectivity index (χ4v) is 2.53. The SMILES string of the molecule is O=C1CC[C@@H]([C@@H](I)c2ccccc2)O1. The number of carbonyl (C=O) groups is 1. The second-order valence-electron chi connectivity index (χ2n) is 3.38. The summed E-state index contributed by atoms with van der Waals surface area (Å²) in [5.41, 5.74) is 1.23. The first kappa shape index (κ1) is 9.96. The molecule has 0 aliphatic carbocycles. The maximum atomic E-state index is 11.0. The fourth-order valence-electron chi connectivity index (χ4n) is 1.60. The molecule has 0 bridgehead atoms. The van der Waals surface area contributed by atoms with E-state index in [0.717, 1.165) is 6.42 Å². The Bertz CT molecular complexity index is 323. The lowest BCUT2D eigenvalue weighted by Gasteiger charge is -2.16. The van der Waals surface area contributed by atoms with Crippen molar-refractivity contribution in [3.63, 3.8) is 0 Å². The molecule has 0 N–H and O–H groups in total. The summed E-state index contributed by atoms with van der Waals surface area (Å²) in [5.74, 6) is -0.0624. The highest BCUT2D eigenvalue weighted by atomic mass is 127. The Kier molecular flexibility index (Phi) is 3.05. The number of esters is 1. The van der Waals surface area contributed by atoms with Gasteiger partial charge in [-0.05, 0) is 12.0 Å². The summed E-state index contributed by atoms with van der Waals surface area (Å²) >= 11 is 2.34. The molecule has 2 rings (SSSR count). The summed E-state index contributed by atoms with van der Waals surface area (Å²) in [6.07, 6.45) is 1.48. The van der Waals surface area contributed by atoms with E-state index in [-0.39, 0.29) is 16.0 Å². The van der Waals surface area contributed by atoms with Crippen molar-refractivity contribution in [1.82, 2.24) is 0 Å². The van der Waals surface area contributed by atoms with Gasteiger partial charge in [0.1, 0.15) is 6.10 Å². The van der Waals surface area contributed by atoms with Crippen LogP contribution in [0.3, 0.4) is 0 Å². The van der Waals surface area contributed by atoms with Crippen LogP contribution in [0.25, 0.3) is 0 Å². The number of benzene rings is 1. The van der Waals surface area contributed by atoms with Gasteiger partial charge in [0.25, 0.3) is 0 Å². The number of ether oxygens (including phenoxy) is 1. The molecule has 1 heterocycles. The van der Waals surface area contributed by atoms with Crippen molar-refractivity contribution < 1.29 is 9.53 Å². The maximum absolute atomic E-state index is 11.0.